The van der Waals surface area contributed by atoms with E-state index in [4.69, 9.17) is 4.42 Å². The molecule has 0 aliphatic carbocycles. The maximum absolute atomic E-state index is 11.2. The molecule has 0 spiro atoms. The van der Waals surface area contributed by atoms with Gasteiger partial charge in [0.15, 0.2) is 6.29 Å². The molecule has 0 saturated carbocycles. The molecule has 0 amide bonds. The molecule has 3 heteroatoms. The zero-order valence-corrected chi connectivity index (χ0v) is 7.84. The molecule has 2 aromatic rings. The number of hydrogen-bond acceptors (Lipinski definition) is 3. The van der Waals surface area contributed by atoms with E-state index in [9.17, 15) is 9.59 Å². The minimum Gasteiger partial charge on any atom is -0.422 e. The first kappa shape index (κ1) is 9.40. The van der Waals surface area contributed by atoms with E-state index in [2.05, 4.69) is 0 Å². The smallest absolute Gasteiger partial charge is 0.346 e. The summed E-state index contributed by atoms with van der Waals surface area (Å²) in [7, 11) is 0. The van der Waals surface area contributed by atoms with E-state index in [1.54, 1.807) is 6.07 Å². The molecular formula is C12H8O3. The van der Waals surface area contributed by atoms with Crippen LogP contribution in [0.4, 0.5) is 0 Å². The lowest BCUT2D eigenvalue weighted by atomic mass is 10.1. The molecule has 0 aliphatic heterocycles. The van der Waals surface area contributed by atoms with Crippen LogP contribution in [0.2, 0.25) is 0 Å². The number of carbonyl (C=O) groups excluding carboxylic acids is 1. The Balaban J connectivity index is 2.52. The van der Waals surface area contributed by atoms with Crippen LogP contribution >= 0.6 is 0 Å². The van der Waals surface area contributed by atoms with Crippen molar-refractivity contribution in [3.63, 3.8) is 0 Å². The summed E-state index contributed by atoms with van der Waals surface area (Å²) in [5.41, 5.74) is 0.244. The molecule has 0 atom stereocenters. The predicted octanol–water partition coefficient (Wildman–Crippen LogP) is 2.12. The summed E-state index contributed by atoms with van der Waals surface area (Å²) in [6.45, 7) is 0. The van der Waals surface area contributed by atoms with Gasteiger partial charge in [-0.1, -0.05) is 30.3 Å². The van der Waals surface area contributed by atoms with Crippen LogP contribution in [-0.2, 0) is 0 Å². The van der Waals surface area contributed by atoms with Crippen molar-refractivity contribution in [1.29, 1.82) is 0 Å². The number of benzene rings is 1. The summed E-state index contributed by atoms with van der Waals surface area (Å²) >= 11 is 0. The molecule has 1 heterocycles. The molecule has 1 aromatic heterocycles. The van der Waals surface area contributed by atoms with E-state index < -0.39 is 5.63 Å². The van der Waals surface area contributed by atoms with E-state index in [1.165, 1.54) is 6.07 Å². The fourth-order valence-electron chi connectivity index (χ4n) is 1.27. The molecule has 0 N–H and O–H groups in total. The van der Waals surface area contributed by atoms with Crippen LogP contribution < -0.4 is 5.63 Å². The first-order valence-electron chi connectivity index (χ1n) is 4.46. The van der Waals surface area contributed by atoms with Gasteiger partial charge in [-0.3, -0.25) is 4.79 Å². The fraction of sp³-hybridized carbons (Fsp3) is 0. The largest absolute Gasteiger partial charge is 0.422 e. The standard InChI is InChI=1S/C12H8O3/c13-8-10-6-7-11(15-12(10)14)9-4-2-1-3-5-9/h1-8H. The summed E-state index contributed by atoms with van der Waals surface area (Å²) in [6.07, 6.45) is 0.487. The normalized spacial score (nSPS) is 9.87. The SMILES string of the molecule is O=Cc1ccc(-c2ccccc2)oc1=O. The topological polar surface area (TPSA) is 47.3 Å². The van der Waals surface area contributed by atoms with Gasteiger partial charge < -0.3 is 4.42 Å². The highest BCUT2D eigenvalue weighted by Crippen LogP contribution is 2.16. The van der Waals surface area contributed by atoms with Gasteiger partial charge in [0, 0.05) is 5.56 Å². The highest BCUT2D eigenvalue weighted by atomic mass is 16.4. The molecule has 0 saturated heterocycles. The van der Waals surface area contributed by atoms with Crippen LogP contribution in [0.15, 0.2) is 51.7 Å². The van der Waals surface area contributed by atoms with Crippen molar-refractivity contribution in [2.24, 2.45) is 0 Å². The van der Waals surface area contributed by atoms with Crippen molar-refractivity contribution in [1.82, 2.24) is 0 Å². The number of aldehydes is 1. The van der Waals surface area contributed by atoms with Crippen LogP contribution in [0.3, 0.4) is 0 Å². The van der Waals surface area contributed by atoms with Gasteiger partial charge in [-0.15, -0.1) is 0 Å². The van der Waals surface area contributed by atoms with Gasteiger partial charge in [0.2, 0.25) is 0 Å². The lowest BCUT2D eigenvalue weighted by Crippen LogP contribution is -2.05. The van der Waals surface area contributed by atoms with Crippen molar-refractivity contribution in [2.45, 2.75) is 0 Å². The maximum atomic E-state index is 11.2. The molecule has 74 valence electrons. The van der Waals surface area contributed by atoms with E-state index in [1.807, 2.05) is 30.3 Å². The Bertz CT molecular complexity index is 526. The maximum Gasteiger partial charge on any atom is 0.346 e. The Kier molecular flexibility index (Phi) is 2.46. The molecule has 0 aliphatic rings. The molecule has 0 unspecified atom stereocenters. The van der Waals surface area contributed by atoms with Gasteiger partial charge in [-0.2, -0.15) is 0 Å². The van der Waals surface area contributed by atoms with E-state index in [0.29, 0.717) is 12.0 Å². The summed E-state index contributed by atoms with van der Waals surface area (Å²) in [5.74, 6) is 0.464. The number of rotatable bonds is 2. The van der Waals surface area contributed by atoms with Gasteiger partial charge in [0.1, 0.15) is 5.76 Å². The second-order valence-corrected chi connectivity index (χ2v) is 3.03. The van der Waals surface area contributed by atoms with Crippen molar-refractivity contribution >= 4 is 6.29 Å². The monoisotopic (exact) mass is 200 g/mol. The Hall–Kier alpha value is -2.16. The van der Waals surface area contributed by atoms with Crippen molar-refractivity contribution in [3.05, 3.63) is 58.4 Å². The highest BCUT2D eigenvalue weighted by molar-refractivity contribution is 5.74. The quantitative estimate of drug-likeness (QED) is 0.697. The predicted molar refractivity (Wildman–Crippen MR) is 55.8 cm³/mol. The zero-order valence-electron chi connectivity index (χ0n) is 7.84. The van der Waals surface area contributed by atoms with Gasteiger partial charge in [-0.25, -0.2) is 4.79 Å². The highest BCUT2D eigenvalue weighted by Gasteiger charge is 2.03. The van der Waals surface area contributed by atoms with Gasteiger partial charge in [0.25, 0.3) is 0 Å². The lowest BCUT2D eigenvalue weighted by molar-refractivity contribution is 0.112. The number of hydrogen-bond donors (Lipinski definition) is 0. The minimum atomic E-state index is -0.605. The van der Waals surface area contributed by atoms with Gasteiger partial charge >= 0.3 is 5.63 Å². The first-order valence-corrected chi connectivity index (χ1v) is 4.46. The zero-order chi connectivity index (χ0) is 10.7. The van der Waals surface area contributed by atoms with Crippen molar-refractivity contribution in [3.8, 4) is 11.3 Å². The Labute approximate surface area is 86.0 Å². The average Bonchev–Trinajstić information content (AvgIpc) is 2.30. The third kappa shape index (κ3) is 1.86. The third-order valence-corrected chi connectivity index (χ3v) is 2.04. The van der Waals surface area contributed by atoms with Crippen molar-refractivity contribution in [2.75, 3.05) is 0 Å². The fourth-order valence-corrected chi connectivity index (χ4v) is 1.27. The molecular weight excluding hydrogens is 192 g/mol. The van der Waals surface area contributed by atoms with Crippen LogP contribution in [0.25, 0.3) is 11.3 Å². The lowest BCUT2D eigenvalue weighted by Gasteiger charge is -1.98. The first-order chi connectivity index (χ1) is 7.31. The summed E-state index contributed by atoms with van der Waals surface area (Å²) in [4.78, 5) is 21.7. The molecule has 2 rings (SSSR count). The summed E-state index contributed by atoms with van der Waals surface area (Å²) < 4.78 is 5.00. The molecule has 0 bridgehead atoms. The Morgan fingerprint density at radius 2 is 1.73 bits per heavy atom. The second kappa shape index (κ2) is 3.92. The Morgan fingerprint density at radius 3 is 2.33 bits per heavy atom. The van der Waals surface area contributed by atoms with Crippen molar-refractivity contribution < 1.29 is 9.21 Å². The molecule has 0 radical (unpaired) electrons. The molecule has 0 fully saturated rings. The van der Waals surface area contributed by atoms with E-state index in [0.717, 1.165) is 5.56 Å². The van der Waals surface area contributed by atoms with Crippen LogP contribution in [0.5, 0.6) is 0 Å². The summed E-state index contributed by atoms with van der Waals surface area (Å²) in [6, 6.07) is 12.3. The number of carbonyl (C=O) groups is 1. The summed E-state index contributed by atoms with van der Waals surface area (Å²) in [5, 5.41) is 0. The molecule has 1 aromatic carbocycles. The van der Waals surface area contributed by atoms with E-state index >= 15 is 0 Å². The van der Waals surface area contributed by atoms with Crippen LogP contribution in [0, 0.1) is 0 Å². The van der Waals surface area contributed by atoms with E-state index in [-0.39, 0.29) is 5.56 Å². The van der Waals surface area contributed by atoms with Crippen LogP contribution in [-0.4, -0.2) is 6.29 Å². The van der Waals surface area contributed by atoms with Gasteiger partial charge in [0.05, 0.1) is 5.56 Å². The third-order valence-electron chi connectivity index (χ3n) is 2.04. The average molecular weight is 200 g/mol. The van der Waals surface area contributed by atoms with Gasteiger partial charge in [-0.05, 0) is 12.1 Å². The molecule has 3 nitrogen and oxygen atoms in total. The Morgan fingerprint density at radius 1 is 1.00 bits per heavy atom. The minimum absolute atomic E-state index is 0.0367. The molecule has 15 heavy (non-hydrogen) atoms. The second-order valence-electron chi connectivity index (χ2n) is 3.03. The van der Waals surface area contributed by atoms with Crippen LogP contribution in [0.1, 0.15) is 10.4 Å².